The van der Waals surface area contributed by atoms with Gasteiger partial charge in [-0.05, 0) is 36.7 Å². The standard InChI is InChI=1S/C14H19BrN4O4/c1-14(2,3)23-13(22)17-7-5-4-6-16-11-10(15)19-9(8-18-11)12(20)21/h4-5,8H,6-7H2,1-3H3,(H,16,18)(H,17,22)(H,20,21). The maximum absolute atomic E-state index is 11.4. The molecule has 0 aliphatic rings. The van der Waals surface area contributed by atoms with E-state index in [4.69, 9.17) is 9.84 Å². The molecule has 0 aromatic carbocycles. The van der Waals surface area contributed by atoms with Gasteiger partial charge in [-0.15, -0.1) is 0 Å². The van der Waals surface area contributed by atoms with Crippen molar-refractivity contribution in [3.05, 3.63) is 28.6 Å². The van der Waals surface area contributed by atoms with Crippen LogP contribution in [0, 0.1) is 0 Å². The van der Waals surface area contributed by atoms with Crippen molar-refractivity contribution < 1.29 is 19.4 Å². The molecule has 0 atom stereocenters. The zero-order valence-corrected chi connectivity index (χ0v) is 14.7. The summed E-state index contributed by atoms with van der Waals surface area (Å²) in [6.45, 7) is 6.15. The number of carboxylic acids is 1. The number of rotatable bonds is 6. The van der Waals surface area contributed by atoms with Crippen molar-refractivity contribution in [3.63, 3.8) is 0 Å². The summed E-state index contributed by atoms with van der Waals surface area (Å²) in [7, 11) is 0. The summed E-state index contributed by atoms with van der Waals surface area (Å²) in [6, 6.07) is 0. The number of aromatic nitrogens is 2. The largest absolute Gasteiger partial charge is 0.476 e. The molecule has 0 fully saturated rings. The summed E-state index contributed by atoms with van der Waals surface area (Å²) in [5.41, 5.74) is -0.665. The maximum Gasteiger partial charge on any atom is 0.407 e. The minimum absolute atomic E-state index is 0.139. The molecule has 23 heavy (non-hydrogen) atoms. The Hall–Kier alpha value is -2.16. The van der Waals surface area contributed by atoms with Crippen LogP contribution >= 0.6 is 15.9 Å². The van der Waals surface area contributed by atoms with E-state index >= 15 is 0 Å². The number of aromatic carboxylic acids is 1. The first-order valence-corrected chi connectivity index (χ1v) is 7.60. The number of anilines is 1. The predicted molar refractivity (Wildman–Crippen MR) is 88.6 cm³/mol. The van der Waals surface area contributed by atoms with Gasteiger partial charge in [-0.3, -0.25) is 0 Å². The molecule has 126 valence electrons. The van der Waals surface area contributed by atoms with E-state index in [1.165, 1.54) is 6.20 Å². The molecule has 0 saturated carbocycles. The molecular formula is C14H19BrN4O4. The molecule has 9 heteroatoms. The molecule has 0 bridgehead atoms. The predicted octanol–water partition coefficient (Wildman–Crippen LogP) is 2.43. The fourth-order valence-corrected chi connectivity index (χ4v) is 1.80. The first-order valence-electron chi connectivity index (χ1n) is 6.80. The number of hydrogen-bond donors (Lipinski definition) is 3. The Bertz CT molecular complexity index is 599. The third-order valence-corrected chi connectivity index (χ3v) is 2.82. The molecule has 3 N–H and O–H groups in total. The lowest BCUT2D eigenvalue weighted by Gasteiger charge is -2.19. The second-order valence-electron chi connectivity index (χ2n) is 5.43. The quantitative estimate of drug-likeness (QED) is 0.643. The van der Waals surface area contributed by atoms with E-state index in [2.05, 4.69) is 36.5 Å². The van der Waals surface area contributed by atoms with Crippen LogP contribution in [0.1, 0.15) is 31.3 Å². The minimum Gasteiger partial charge on any atom is -0.476 e. The first kappa shape index (κ1) is 18.9. The Morgan fingerprint density at radius 3 is 2.57 bits per heavy atom. The van der Waals surface area contributed by atoms with Crippen LogP contribution < -0.4 is 10.6 Å². The molecule has 0 saturated heterocycles. The average molecular weight is 387 g/mol. The molecule has 1 rings (SSSR count). The minimum atomic E-state index is -1.14. The Kier molecular flexibility index (Phi) is 6.95. The Morgan fingerprint density at radius 1 is 1.35 bits per heavy atom. The molecule has 0 aliphatic carbocycles. The lowest BCUT2D eigenvalue weighted by atomic mass is 10.2. The van der Waals surface area contributed by atoms with E-state index in [0.717, 1.165) is 0 Å². The van der Waals surface area contributed by atoms with E-state index < -0.39 is 17.7 Å². The number of alkyl carbamates (subject to hydrolysis) is 1. The van der Waals surface area contributed by atoms with E-state index in [1.54, 1.807) is 32.9 Å². The van der Waals surface area contributed by atoms with Crippen molar-refractivity contribution in [2.45, 2.75) is 26.4 Å². The van der Waals surface area contributed by atoms with Crippen LogP contribution in [-0.2, 0) is 4.74 Å². The molecule has 0 aliphatic heterocycles. The van der Waals surface area contributed by atoms with Crippen molar-refractivity contribution in [2.75, 3.05) is 18.4 Å². The van der Waals surface area contributed by atoms with Gasteiger partial charge in [-0.1, -0.05) is 12.2 Å². The number of carboxylic acid groups (broad SMARTS) is 1. The third kappa shape index (κ3) is 7.59. The van der Waals surface area contributed by atoms with Crippen LogP contribution in [0.5, 0.6) is 0 Å². The average Bonchev–Trinajstić information content (AvgIpc) is 2.41. The number of halogens is 1. The molecule has 0 spiro atoms. The summed E-state index contributed by atoms with van der Waals surface area (Å²) in [4.78, 5) is 29.9. The van der Waals surface area contributed by atoms with Crippen LogP contribution in [0.3, 0.4) is 0 Å². The van der Waals surface area contributed by atoms with Gasteiger partial charge in [0, 0.05) is 13.1 Å². The zero-order valence-electron chi connectivity index (χ0n) is 13.1. The van der Waals surface area contributed by atoms with Crippen LogP contribution in [0.2, 0.25) is 0 Å². The summed E-state index contributed by atoms with van der Waals surface area (Å²) >= 11 is 3.15. The van der Waals surface area contributed by atoms with Crippen molar-refractivity contribution >= 4 is 33.8 Å². The highest BCUT2D eigenvalue weighted by atomic mass is 79.9. The second kappa shape index (κ2) is 8.47. The van der Waals surface area contributed by atoms with Crippen LogP contribution in [0.25, 0.3) is 0 Å². The van der Waals surface area contributed by atoms with Crippen molar-refractivity contribution in [3.8, 4) is 0 Å². The SMILES string of the molecule is CC(C)(C)OC(=O)NCC=CCNc1ncc(C(=O)O)nc1Br. The molecule has 0 unspecified atom stereocenters. The van der Waals surface area contributed by atoms with E-state index in [9.17, 15) is 9.59 Å². The number of carbonyl (C=O) groups is 2. The van der Waals surface area contributed by atoms with E-state index in [-0.39, 0.29) is 5.69 Å². The van der Waals surface area contributed by atoms with Crippen molar-refractivity contribution in [1.29, 1.82) is 0 Å². The molecule has 1 amide bonds. The number of ether oxygens (including phenoxy) is 1. The zero-order chi connectivity index (χ0) is 17.5. The number of nitrogens with zero attached hydrogens (tertiary/aromatic N) is 2. The highest BCUT2D eigenvalue weighted by molar-refractivity contribution is 9.10. The lowest BCUT2D eigenvalue weighted by Crippen LogP contribution is -2.32. The molecule has 0 radical (unpaired) electrons. The number of amides is 1. The molecular weight excluding hydrogens is 368 g/mol. The highest BCUT2D eigenvalue weighted by Gasteiger charge is 2.15. The van der Waals surface area contributed by atoms with Crippen molar-refractivity contribution in [2.24, 2.45) is 0 Å². The fraction of sp³-hybridized carbons (Fsp3) is 0.429. The van der Waals surface area contributed by atoms with Gasteiger partial charge >= 0.3 is 12.1 Å². The van der Waals surface area contributed by atoms with Gasteiger partial charge in [0.05, 0.1) is 6.20 Å². The maximum atomic E-state index is 11.4. The molecule has 1 aromatic rings. The Morgan fingerprint density at radius 2 is 2.00 bits per heavy atom. The first-order chi connectivity index (χ1) is 10.7. The van der Waals surface area contributed by atoms with E-state index in [0.29, 0.717) is 23.5 Å². The third-order valence-electron chi connectivity index (χ3n) is 2.27. The molecule has 8 nitrogen and oxygen atoms in total. The number of nitrogens with one attached hydrogen (secondary N) is 2. The summed E-state index contributed by atoms with van der Waals surface area (Å²) < 4.78 is 5.41. The monoisotopic (exact) mass is 386 g/mol. The van der Waals surface area contributed by atoms with Crippen LogP contribution in [-0.4, -0.2) is 45.8 Å². The normalized spacial score (nSPS) is 11.3. The van der Waals surface area contributed by atoms with Crippen LogP contribution in [0.4, 0.5) is 10.6 Å². The highest BCUT2D eigenvalue weighted by Crippen LogP contribution is 2.16. The van der Waals surface area contributed by atoms with Gasteiger partial charge in [0.1, 0.15) is 10.2 Å². The number of carbonyl (C=O) groups excluding carboxylic acids is 1. The second-order valence-corrected chi connectivity index (χ2v) is 6.19. The molecule has 1 heterocycles. The van der Waals surface area contributed by atoms with Crippen molar-refractivity contribution in [1.82, 2.24) is 15.3 Å². The lowest BCUT2D eigenvalue weighted by molar-refractivity contribution is 0.0533. The van der Waals surface area contributed by atoms with Gasteiger partial charge in [0.2, 0.25) is 0 Å². The smallest absolute Gasteiger partial charge is 0.407 e. The Balaban J connectivity index is 2.34. The fourth-order valence-electron chi connectivity index (χ4n) is 1.37. The van der Waals surface area contributed by atoms with E-state index in [1.807, 2.05) is 0 Å². The Labute approximate surface area is 142 Å². The van der Waals surface area contributed by atoms with Gasteiger partial charge < -0.3 is 20.5 Å². The topological polar surface area (TPSA) is 113 Å². The molecule has 1 aromatic heterocycles. The van der Waals surface area contributed by atoms with Crippen LogP contribution in [0.15, 0.2) is 23.0 Å². The van der Waals surface area contributed by atoms with Gasteiger partial charge in [0.25, 0.3) is 0 Å². The summed E-state index contributed by atoms with van der Waals surface area (Å²) in [6.07, 6.45) is 4.23. The van der Waals surface area contributed by atoms with Gasteiger partial charge in [-0.25, -0.2) is 19.6 Å². The number of hydrogen-bond acceptors (Lipinski definition) is 6. The van der Waals surface area contributed by atoms with Gasteiger partial charge in [-0.2, -0.15) is 0 Å². The van der Waals surface area contributed by atoms with Gasteiger partial charge in [0.15, 0.2) is 11.5 Å². The summed E-state index contributed by atoms with van der Waals surface area (Å²) in [5.74, 6) is -0.711. The summed E-state index contributed by atoms with van der Waals surface area (Å²) in [5, 5.41) is 14.3.